The topological polar surface area (TPSA) is 172 Å². The fourth-order valence-electron chi connectivity index (χ4n) is 6.33. The SMILES string of the molecule is CCC(O)C(C)C(O)[C@@H](C)/C=C/C=C(\C)C(=O)Nc1c(O)c2c(O)c(C)c3c(c2c2nc4cc(C)ccn4c12)C(=O)C(C)(O/C=C/C(C)OC)O3. The maximum Gasteiger partial charge on any atom is 0.312 e. The number of aromatic hydroxyl groups is 2. The summed E-state index contributed by atoms with van der Waals surface area (Å²) in [5.41, 5.74) is 2.47. The van der Waals surface area contributed by atoms with Crippen LogP contribution in [0.3, 0.4) is 0 Å². The summed E-state index contributed by atoms with van der Waals surface area (Å²) in [5.74, 6) is -4.23. The summed E-state index contributed by atoms with van der Waals surface area (Å²) in [5, 5.41) is 47.2. The van der Waals surface area contributed by atoms with Gasteiger partial charge in [-0.1, -0.05) is 39.0 Å². The van der Waals surface area contributed by atoms with Crippen LogP contribution >= 0.6 is 0 Å². The molecule has 1 amide bonds. The molecule has 0 saturated heterocycles. The monoisotopic (exact) mass is 701 g/mol. The maximum absolute atomic E-state index is 14.2. The van der Waals surface area contributed by atoms with Gasteiger partial charge in [0.2, 0.25) is 0 Å². The number of Topliss-reactive ketones (excluding diaryl/α,β-unsaturated/α-hetero) is 1. The van der Waals surface area contributed by atoms with Gasteiger partial charge in [0.15, 0.2) is 5.75 Å². The van der Waals surface area contributed by atoms with Crippen LogP contribution in [0.1, 0.15) is 69.4 Å². The highest BCUT2D eigenvalue weighted by Gasteiger charge is 2.49. The molecule has 1 aliphatic rings. The molecule has 51 heavy (non-hydrogen) atoms. The number of anilines is 1. The predicted octanol–water partition coefficient (Wildman–Crippen LogP) is 6.37. The average molecular weight is 702 g/mol. The molecular formula is C39H47N3O9. The molecule has 0 bridgehead atoms. The fourth-order valence-corrected chi connectivity index (χ4v) is 6.33. The van der Waals surface area contributed by atoms with E-state index in [2.05, 4.69) is 5.32 Å². The second kappa shape index (κ2) is 14.4. The first-order valence-corrected chi connectivity index (χ1v) is 17.0. The maximum atomic E-state index is 14.2. The van der Waals surface area contributed by atoms with E-state index in [0.717, 1.165) is 5.56 Å². The van der Waals surface area contributed by atoms with Gasteiger partial charge in [0.25, 0.3) is 11.7 Å². The van der Waals surface area contributed by atoms with Crippen LogP contribution in [0.2, 0.25) is 0 Å². The smallest absolute Gasteiger partial charge is 0.312 e. The first kappa shape index (κ1) is 37.3. The molecule has 1 aliphatic heterocycles. The number of fused-ring (bicyclic) bond motifs is 7. The fraction of sp³-hybridized carbons (Fsp3) is 0.410. The highest BCUT2D eigenvalue weighted by Crippen LogP contribution is 2.54. The number of rotatable bonds is 12. The number of aryl methyl sites for hydroxylation is 1. The van der Waals surface area contributed by atoms with Crippen molar-refractivity contribution >= 4 is 44.8 Å². The predicted molar refractivity (Wildman–Crippen MR) is 195 cm³/mol. The summed E-state index contributed by atoms with van der Waals surface area (Å²) in [4.78, 5) is 32.7. The van der Waals surface area contributed by atoms with Crippen molar-refractivity contribution in [1.29, 1.82) is 0 Å². The minimum absolute atomic E-state index is 0.0155. The average Bonchev–Trinajstić information content (AvgIpc) is 3.60. The standard InChI is InChI=1S/C39H47N3O9/c1-10-25(43)23(6)33(44)20(3)12-11-13-21(4)38(48)41-31-32-30(40-26-18-19(2)14-16-42(26)32)27-28(35(31)46)34(45)24(7)36-29(27)37(47)39(8,51-36)50-17-15-22(5)49-9/h11-18,20,22-23,25,33,43-46H,10H2,1-9H3,(H,41,48)/b12-11+,17-15+,21-13+/t20-,22?,23?,25?,33?,39?/m0/s1. The first-order valence-electron chi connectivity index (χ1n) is 17.0. The summed E-state index contributed by atoms with van der Waals surface area (Å²) in [6.45, 7) is 13.8. The van der Waals surface area contributed by atoms with Gasteiger partial charge in [-0.2, -0.15) is 0 Å². The number of benzene rings is 2. The molecule has 0 aliphatic carbocycles. The van der Waals surface area contributed by atoms with E-state index in [9.17, 15) is 30.0 Å². The number of amides is 1. The third-order valence-electron chi connectivity index (χ3n) is 9.80. The lowest BCUT2D eigenvalue weighted by atomic mass is 9.88. The molecule has 272 valence electrons. The van der Waals surface area contributed by atoms with Gasteiger partial charge in [-0.25, -0.2) is 4.98 Å². The lowest BCUT2D eigenvalue weighted by Gasteiger charge is -2.26. The summed E-state index contributed by atoms with van der Waals surface area (Å²) in [7, 11) is 1.54. The van der Waals surface area contributed by atoms with E-state index in [1.54, 1.807) is 62.6 Å². The van der Waals surface area contributed by atoms with Crippen molar-refractivity contribution < 1.29 is 44.2 Å². The number of phenols is 2. The van der Waals surface area contributed by atoms with Crippen molar-refractivity contribution in [3.63, 3.8) is 0 Å². The molecule has 5 unspecified atom stereocenters. The second-order valence-electron chi connectivity index (χ2n) is 13.5. The van der Waals surface area contributed by atoms with Gasteiger partial charge in [-0.05, 0) is 57.9 Å². The van der Waals surface area contributed by atoms with Crippen LogP contribution in [-0.2, 0) is 14.3 Å². The Kier molecular flexibility index (Phi) is 10.5. The quantitative estimate of drug-likeness (QED) is 0.0484. The lowest BCUT2D eigenvalue weighted by molar-refractivity contribution is -0.112. The minimum Gasteiger partial charge on any atom is -0.507 e. The zero-order valence-electron chi connectivity index (χ0n) is 30.4. The Labute approximate surface area is 296 Å². The number of carbonyl (C=O) groups is 2. The number of hydrogen-bond donors (Lipinski definition) is 5. The Morgan fingerprint density at radius 1 is 1.14 bits per heavy atom. The summed E-state index contributed by atoms with van der Waals surface area (Å²) in [6, 6.07) is 3.67. The van der Waals surface area contributed by atoms with Gasteiger partial charge in [0.1, 0.15) is 33.9 Å². The highest BCUT2D eigenvalue weighted by atomic mass is 16.7. The van der Waals surface area contributed by atoms with Gasteiger partial charge in [0, 0.05) is 48.6 Å². The number of hydrogen-bond acceptors (Lipinski definition) is 10. The molecule has 2 aromatic carbocycles. The molecule has 0 fully saturated rings. The van der Waals surface area contributed by atoms with Crippen molar-refractivity contribution in [2.24, 2.45) is 11.8 Å². The van der Waals surface area contributed by atoms with Crippen molar-refractivity contribution in [1.82, 2.24) is 9.38 Å². The molecule has 5 rings (SSSR count). The van der Waals surface area contributed by atoms with Gasteiger partial charge in [-0.15, -0.1) is 0 Å². The number of methoxy groups -OCH3 is 1. The van der Waals surface area contributed by atoms with Crippen molar-refractivity contribution in [3.8, 4) is 17.2 Å². The molecule has 0 saturated carbocycles. The molecule has 4 aromatic rings. The number of pyridine rings is 1. The number of aliphatic hydroxyl groups excluding tert-OH is 2. The zero-order valence-corrected chi connectivity index (χ0v) is 30.4. The number of ether oxygens (including phenoxy) is 3. The number of ketones is 1. The summed E-state index contributed by atoms with van der Waals surface area (Å²) in [6.07, 6.45) is 8.52. The number of nitrogens with zero attached hydrogens (tertiary/aromatic N) is 2. The number of nitrogens with one attached hydrogen (secondary N) is 1. The van der Waals surface area contributed by atoms with Crippen molar-refractivity contribution in [2.45, 2.75) is 85.9 Å². The molecule has 12 nitrogen and oxygen atoms in total. The number of phenolic OH excluding ortho intramolecular Hbond substituents is 2. The summed E-state index contributed by atoms with van der Waals surface area (Å²) < 4.78 is 18.8. The molecule has 3 heterocycles. The lowest BCUT2D eigenvalue weighted by Crippen LogP contribution is -2.38. The van der Waals surface area contributed by atoms with E-state index in [4.69, 9.17) is 19.2 Å². The van der Waals surface area contributed by atoms with Crippen LogP contribution in [0.5, 0.6) is 17.2 Å². The zero-order chi connectivity index (χ0) is 37.5. The van der Waals surface area contributed by atoms with E-state index < -0.39 is 35.4 Å². The number of aromatic nitrogens is 2. The van der Waals surface area contributed by atoms with Crippen LogP contribution in [-0.4, -0.2) is 72.7 Å². The Hall–Kier alpha value is -4.91. The second-order valence-corrected chi connectivity index (χ2v) is 13.5. The first-order chi connectivity index (χ1) is 24.1. The van der Waals surface area contributed by atoms with Crippen LogP contribution in [0.15, 0.2) is 54.5 Å². The Morgan fingerprint density at radius 3 is 2.51 bits per heavy atom. The molecular weight excluding hydrogens is 654 g/mol. The highest BCUT2D eigenvalue weighted by molar-refractivity contribution is 6.28. The van der Waals surface area contributed by atoms with E-state index in [1.807, 2.05) is 32.9 Å². The minimum atomic E-state index is -1.79. The van der Waals surface area contributed by atoms with Crippen molar-refractivity contribution in [2.75, 3.05) is 12.4 Å². The Morgan fingerprint density at radius 2 is 1.84 bits per heavy atom. The van der Waals surface area contributed by atoms with Gasteiger partial charge < -0.3 is 40.0 Å². The summed E-state index contributed by atoms with van der Waals surface area (Å²) >= 11 is 0. The van der Waals surface area contributed by atoms with Gasteiger partial charge in [-0.3, -0.25) is 14.0 Å². The van der Waals surface area contributed by atoms with Crippen LogP contribution in [0.25, 0.3) is 27.5 Å². The van der Waals surface area contributed by atoms with Gasteiger partial charge >= 0.3 is 5.79 Å². The number of carbonyl (C=O) groups excluding carboxylic acids is 2. The Bertz CT molecular complexity index is 2110. The van der Waals surface area contributed by atoms with Gasteiger partial charge in [0.05, 0.1) is 35.5 Å². The largest absolute Gasteiger partial charge is 0.507 e. The van der Waals surface area contributed by atoms with E-state index in [-0.39, 0.29) is 68.1 Å². The number of allylic oxidation sites excluding steroid dienone is 2. The molecule has 12 heteroatoms. The third-order valence-corrected chi connectivity index (χ3v) is 9.80. The normalized spacial score (nSPS) is 19.5. The van der Waals surface area contributed by atoms with Crippen LogP contribution in [0, 0.1) is 25.7 Å². The molecule has 6 atom stereocenters. The molecule has 0 spiro atoms. The molecule has 0 radical (unpaired) electrons. The molecule has 2 aromatic heterocycles. The third kappa shape index (κ3) is 6.66. The number of imidazole rings is 1. The van der Waals surface area contributed by atoms with Crippen molar-refractivity contribution in [3.05, 3.63) is 71.2 Å². The molecule has 5 N–H and O–H groups in total. The van der Waals surface area contributed by atoms with E-state index >= 15 is 0 Å². The van der Waals surface area contributed by atoms with E-state index in [0.29, 0.717) is 17.6 Å². The Balaban J connectivity index is 1.63. The van der Waals surface area contributed by atoms with Crippen LogP contribution < -0.4 is 10.1 Å². The van der Waals surface area contributed by atoms with E-state index in [1.165, 1.54) is 20.3 Å². The van der Waals surface area contributed by atoms with Crippen LogP contribution in [0.4, 0.5) is 5.69 Å². The number of aliphatic hydroxyl groups is 2.